The molecule has 0 aromatic heterocycles. The molecule has 0 amide bonds. The number of aliphatic imine (C=N–C) groups is 1. The average Bonchev–Trinajstić information content (AvgIpc) is 2.46. The molecule has 1 aromatic rings. The van der Waals surface area contributed by atoms with Crippen LogP contribution in [0.4, 0.5) is 5.69 Å². The van der Waals surface area contributed by atoms with Gasteiger partial charge in [-0.15, -0.1) is 24.0 Å². The Kier molecular flexibility index (Phi) is 7.88. The minimum absolute atomic E-state index is 0. The number of nitrogens with one attached hydrogen (secondary N) is 1. The molecule has 0 spiro atoms. The number of hydrogen-bond donors (Lipinski definition) is 2. The van der Waals surface area contributed by atoms with Crippen LogP contribution in [0.25, 0.3) is 0 Å². The molecule has 1 aliphatic rings. The standard InChI is InChI=1S/C14H20ClN3O3S.HI/c1-21-13-3-2-11(8-12(13)15)18-14(16)17-9-10-4-6-22(19,20)7-5-10;/h2-3,8,10H,4-7,9H2,1H3,(H3,16,17,18);1H. The van der Waals surface area contributed by atoms with Crippen molar-refractivity contribution < 1.29 is 13.2 Å². The second-order valence-electron chi connectivity index (χ2n) is 5.30. The Morgan fingerprint density at radius 2 is 2.09 bits per heavy atom. The van der Waals surface area contributed by atoms with Crippen molar-refractivity contribution in [1.82, 2.24) is 0 Å². The minimum Gasteiger partial charge on any atom is -0.495 e. The van der Waals surface area contributed by atoms with Crippen LogP contribution in [0, 0.1) is 5.92 Å². The molecule has 0 radical (unpaired) electrons. The van der Waals surface area contributed by atoms with Crippen molar-refractivity contribution in [1.29, 1.82) is 0 Å². The highest BCUT2D eigenvalue weighted by Crippen LogP contribution is 2.27. The number of hydrogen-bond acceptors (Lipinski definition) is 4. The fraction of sp³-hybridized carbons (Fsp3) is 0.500. The Morgan fingerprint density at radius 1 is 1.43 bits per heavy atom. The van der Waals surface area contributed by atoms with E-state index in [1.165, 1.54) is 0 Å². The SMILES string of the molecule is COc1ccc(NC(N)=NCC2CCS(=O)(=O)CC2)cc1Cl.I. The number of anilines is 1. The molecular formula is C14H21ClIN3O3S. The molecule has 6 nitrogen and oxygen atoms in total. The first-order valence-electron chi connectivity index (χ1n) is 7.00. The molecule has 9 heteroatoms. The van der Waals surface area contributed by atoms with Gasteiger partial charge in [0.15, 0.2) is 5.96 Å². The molecule has 3 N–H and O–H groups in total. The summed E-state index contributed by atoms with van der Waals surface area (Å²) in [4.78, 5) is 4.28. The second kappa shape index (κ2) is 8.93. The van der Waals surface area contributed by atoms with Gasteiger partial charge in [0.25, 0.3) is 0 Å². The maximum Gasteiger partial charge on any atom is 0.193 e. The van der Waals surface area contributed by atoms with Gasteiger partial charge in [0, 0.05) is 12.2 Å². The Balaban J connectivity index is 0.00000264. The number of halogens is 2. The van der Waals surface area contributed by atoms with Crippen LogP contribution in [0.5, 0.6) is 5.75 Å². The van der Waals surface area contributed by atoms with Crippen molar-refractivity contribution in [2.45, 2.75) is 12.8 Å². The third-order valence-electron chi connectivity index (χ3n) is 3.62. The van der Waals surface area contributed by atoms with Gasteiger partial charge >= 0.3 is 0 Å². The highest BCUT2D eigenvalue weighted by molar-refractivity contribution is 14.0. The molecule has 2 rings (SSSR count). The van der Waals surface area contributed by atoms with Crippen LogP contribution >= 0.6 is 35.6 Å². The number of nitrogens with zero attached hydrogens (tertiary/aromatic N) is 1. The number of sulfone groups is 1. The predicted molar refractivity (Wildman–Crippen MR) is 105 cm³/mol. The molecule has 0 saturated carbocycles. The Morgan fingerprint density at radius 3 is 2.65 bits per heavy atom. The minimum atomic E-state index is -2.84. The largest absolute Gasteiger partial charge is 0.495 e. The molecule has 0 atom stereocenters. The number of methoxy groups -OCH3 is 1. The van der Waals surface area contributed by atoms with Crippen molar-refractivity contribution in [3.05, 3.63) is 23.2 Å². The molecule has 23 heavy (non-hydrogen) atoms. The highest BCUT2D eigenvalue weighted by atomic mass is 127. The quantitative estimate of drug-likeness (QED) is 0.398. The summed E-state index contributed by atoms with van der Waals surface area (Å²) < 4.78 is 27.8. The summed E-state index contributed by atoms with van der Waals surface area (Å²) in [6.07, 6.45) is 1.29. The van der Waals surface area contributed by atoms with Gasteiger partial charge in [-0.2, -0.15) is 0 Å². The van der Waals surface area contributed by atoms with Crippen molar-refractivity contribution >= 4 is 57.1 Å². The first-order valence-corrected chi connectivity index (χ1v) is 9.20. The zero-order chi connectivity index (χ0) is 16.2. The van der Waals surface area contributed by atoms with E-state index in [9.17, 15) is 8.42 Å². The van der Waals surface area contributed by atoms with E-state index in [4.69, 9.17) is 22.1 Å². The van der Waals surface area contributed by atoms with Gasteiger partial charge < -0.3 is 15.8 Å². The van der Waals surface area contributed by atoms with Gasteiger partial charge in [-0.1, -0.05) is 11.6 Å². The van der Waals surface area contributed by atoms with E-state index >= 15 is 0 Å². The molecule has 0 unspecified atom stereocenters. The van der Waals surface area contributed by atoms with E-state index in [1.807, 2.05) is 0 Å². The van der Waals surface area contributed by atoms with Crippen LogP contribution in [0.2, 0.25) is 5.02 Å². The Hall–Kier alpha value is -0.740. The normalized spacial score (nSPS) is 18.1. The maximum atomic E-state index is 11.4. The van der Waals surface area contributed by atoms with Crippen LogP contribution in [0.3, 0.4) is 0 Å². The Labute approximate surface area is 158 Å². The number of benzene rings is 1. The summed E-state index contributed by atoms with van der Waals surface area (Å²) in [5.41, 5.74) is 6.56. The van der Waals surface area contributed by atoms with Crippen LogP contribution in [-0.2, 0) is 9.84 Å². The maximum absolute atomic E-state index is 11.4. The van der Waals surface area contributed by atoms with Crippen LogP contribution in [0.1, 0.15) is 12.8 Å². The number of ether oxygens (including phenoxy) is 1. The fourth-order valence-corrected chi connectivity index (χ4v) is 4.13. The summed E-state index contributed by atoms with van der Waals surface area (Å²) in [7, 11) is -1.29. The number of rotatable bonds is 4. The molecule has 1 aromatic carbocycles. The van der Waals surface area contributed by atoms with Crippen molar-refractivity contribution in [3.8, 4) is 5.75 Å². The van der Waals surface area contributed by atoms with Crippen molar-refractivity contribution in [3.63, 3.8) is 0 Å². The highest BCUT2D eigenvalue weighted by Gasteiger charge is 2.23. The van der Waals surface area contributed by atoms with E-state index in [0.29, 0.717) is 30.2 Å². The van der Waals surface area contributed by atoms with E-state index < -0.39 is 9.84 Å². The van der Waals surface area contributed by atoms with E-state index in [0.717, 1.165) is 5.69 Å². The number of nitrogens with two attached hydrogens (primary N) is 1. The summed E-state index contributed by atoms with van der Waals surface area (Å²) in [6.45, 7) is 0.526. The molecular weight excluding hydrogens is 453 g/mol. The van der Waals surface area contributed by atoms with Crippen molar-refractivity contribution in [2.24, 2.45) is 16.6 Å². The predicted octanol–water partition coefficient (Wildman–Crippen LogP) is 2.52. The van der Waals surface area contributed by atoms with Gasteiger partial charge in [0.2, 0.25) is 0 Å². The van der Waals surface area contributed by atoms with Gasteiger partial charge in [0.05, 0.1) is 23.6 Å². The second-order valence-corrected chi connectivity index (χ2v) is 8.01. The molecule has 0 aliphatic carbocycles. The first kappa shape index (κ1) is 20.3. The van der Waals surface area contributed by atoms with Crippen LogP contribution in [-0.4, -0.2) is 39.5 Å². The fourth-order valence-electron chi connectivity index (χ4n) is 2.28. The Bertz CT molecular complexity index is 653. The van der Waals surface area contributed by atoms with Crippen LogP contribution in [0.15, 0.2) is 23.2 Å². The zero-order valence-corrected chi connectivity index (χ0v) is 16.7. The molecule has 130 valence electrons. The first-order chi connectivity index (χ1) is 10.4. The third-order valence-corrected chi connectivity index (χ3v) is 5.63. The molecule has 1 aliphatic heterocycles. The van der Waals surface area contributed by atoms with E-state index in [1.54, 1.807) is 25.3 Å². The lowest BCUT2D eigenvalue weighted by molar-refractivity contribution is 0.415. The lowest BCUT2D eigenvalue weighted by Gasteiger charge is -2.20. The smallest absolute Gasteiger partial charge is 0.193 e. The van der Waals surface area contributed by atoms with Gasteiger partial charge in [0.1, 0.15) is 15.6 Å². The average molecular weight is 474 g/mol. The molecule has 0 bridgehead atoms. The zero-order valence-electron chi connectivity index (χ0n) is 12.8. The summed E-state index contributed by atoms with van der Waals surface area (Å²) >= 11 is 6.04. The van der Waals surface area contributed by atoms with Gasteiger partial charge in [-0.3, -0.25) is 4.99 Å². The monoisotopic (exact) mass is 473 g/mol. The van der Waals surface area contributed by atoms with E-state index in [2.05, 4.69) is 10.3 Å². The summed E-state index contributed by atoms with van der Waals surface area (Å²) in [5, 5.41) is 3.44. The lowest BCUT2D eigenvalue weighted by Crippen LogP contribution is -2.27. The molecule has 1 heterocycles. The lowest BCUT2D eigenvalue weighted by atomic mass is 10.0. The molecule has 1 fully saturated rings. The third kappa shape index (κ3) is 6.34. The van der Waals surface area contributed by atoms with Gasteiger partial charge in [-0.05, 0) is 37.0 Å². The number of guanidine groups is 1. The summed E-state index contributed by atoms with van der Waals surface area (Å²) in [6, 6.07) is 5.24. The van der Waals surface area contributed by atoms with Crippen LogP contribution < -0.4 is 15.8 Å². The van der Waals surface area contributed by atoms with E-state index in [-0.39, 0.29) is 47.4 Å². The van der Waals surface area contributed by atoms with Gasteiger partial charge in [-0.25, -0.2) is 8.42 Å². The summed E-state index contributed by atoms with van der Waals surface area (Å²) in [5.74, 6) is 1.63. The topological polar surface area (TPSA) is 93.8 Å². The van der Waals surface area contributed by atoms with Crippen molar-refractivity contribution in [2.75, 3.05) is 30.5 Å². The molecule has 1 saturated heterocycles.